The Morgan fingerprint density at radius 3 is 2.53 bits per heavy atom. The summed E-state index contributed by atoms with van der Waals surface area (Å²) in [5.41, 5.74) is 0. The van der Waals surface area contributed by atoms with Crippen LogP contribution in [0.5, 0.6) is 11.6 Å². The fraction of sp³-hybridized carbons (Fsp3) is 0.286. The van der Waals surface area contributed by atoms with Crippen LogP contribution in [0.4, 0.5) is 0 Å². The molecule has 0 aliphatic rings. The van der Waals surface area contributed by atoms with E-state index in [1.54, 1.807) is 6.07 Å². The van der Waals surface area contributed by atoms with Crippen molar-refractivity contribution in [3.05, 3.63) is 47.4 Å². The molecule has 0 radical (unpaired) electrons. The average molecular weight is 279 g/mol. The molecule has 0 spiro atoms. The van der Waals surface area contributed by atoms with Crippen molar-refractivity contribution in [1.29, 1.82) is 0 Å². The molecule has 0 unspecified atom stereocenters. The molecule has 2 aromatic rings. The number of hydrogen-bond donors (Lipinski definition) is 0. The van der Waals surface area contributed by atoms with Gasteiger partial charge in [0.2, 0.25) is 5.88 Å². The van der Waals surface area contributed by atoms with E-state index in [1.807, 2.05) is 37.3 Å². The van der Waals surface area contributed by atoms with Gasteiger partial charge < -0.3 is 9.47 Å². The van der Waals surface area contributed by atoms with Gasteiger partial charge in [0.1, 0.15) is 29.9 Å². The first-order valence-corrected chi connectivity index (χ1v) is 6.50. The molecule has 0 N–H and O–H groups in total. The van der Waals surface area contributed by atoms with Gasteiger partial charge in [0, 0.05) is 12.5 Å². The van der Waals surface area contributed by atoms with E-state index in [4.69, 9.17) is 21.1 Å². The van der Waals surface area contributed by atoms with E-state index in [9.17, 15) is 0 Å². The molecule has 0 fully saturated rings. The lowest BCUT2D eigenvalue weighted by molar-refractivity contribution is 0.211. The quantitative estimate of drug-likeness (QED) is 0.601. The Morgan fingerprint density at radius 1 is 1.05 bits per heavy atom. The summed E-state index contributed by atoms with van der Waals surface area (Å²) in [6.07, 6.45) is 0.720. The number of hydrogen-bond acceptors (Lipinski definition) is 4. The molecule has 19 heavy (non-hydrogen) atoms. The van der Waals surface area contributed by atoms with Crippen molar-refractivity contribution in [3.8, 4) is 11.6 Å². The number of halogens is 1. The molecule has 0 atom stereocenters. The topological polar surface area (TPSA) is 44.2 Å². The van der Waals surface area contributed by atoms with Crippen molar-refractivity contribution < 1.29 is 9.47 Å². The number of rotatable bonds is 6. The number of nitrogens with zero attached hydrogens (tertiary/aromatic N) is 2. The Kier molecular flexibility index (Phi) is 4.98. The predicted octanol–water partition coefficient (Wildman–Crippen LogP) is 3.15. The van der Waals surface area contributed by atoms with E-state index >= 15 is 0 Å². The van der Waals surface area contributed by atoms with Crippen molar-refractivity contribution in [2.75, 3.05) is 13.2 Å². The standard InChI is InChI=1S/C14H15ClN2O2/c1-2-13-16-12(15)10-14(17-13)19-9-8-18-11-6-4-3-5-7-11/h3-7,10H,2,8-9H2,1H3. The molecule has 100 valence electrons. The zero-order valence-corrected chi connectivity index (χ0v) is 11.4. The predicted molar refractivity (Wildman–Crippen MR) is 73.9 cm³/mol. The third kappa shape index (κ3) is 4.41. The van der Waals surface area contributed by atoms with Gasteiger partial charge >= 0.3 is 0 Å². The van der Waals surface area contributed by atoms with Crippen LogP contribution in [0.15, 0.2) is 36.4 Å². The van der Waals surface area contributed by atoms with Crippen molar-refractivity contribution in [2.24, 2.45) is 0 Å². The molecule has 0 amide bonds. The minimum Gasteiger partial charge on any atom is -0.490 e. The fourth-order valence-electron chi connectivity index (χ4n) is 1.50. The Morgan fingerprint density at radius 2 is 1.79 bits per heavy atom. The zero-order chi connectivity index (χ0) is 13.5. The lowest BCUT2D eigenvalue weighted by Gasteiger charge is -2.08. The highest BCUT2D eigenvalue weighted by atomic mass is 35.5. The van der Waals surface area contributed by atoms with Crippen LogP contribution in [0.2, 0.25) is 5.15 Å². The van der Waals surface area contributed by atoms with Gasteiger partial charge in [-0.1, -0.05) is 36.7 Å². The van der Waals surface area contributed by atoms with Crippen LogP contribution in [0.1, 0.15) is 12.7 Å². The molecule has 1 aromatic carbocycles. The number of aryl methyl sites for hydroxylation is 1. The molecule has 1 aromatic heterocycles. The first-order chi connectivity index (χ1) is 9.28. The van der Waals surface area contributed by atoms with Gasteiger partial charge in [0.05, 0.1) is 0 Å². The largest absolute Gasteiger partial charge is 0.490 e. The summed E-state index contributed by atoms with van der Waals surface area (Å²) in [6.45, 7) is 2.83. The molecule has 0 aliphatic heterocycles. The molecule has 5 heteroatoms. The maximum Gasteiger partial charge on any atom is 0.218 e. The minimum atomic E-state index is 0.394. The first-order valence-electron chi connectivity index (χ1n) is 6.12. The monoisotopic (exact) mass is 278 g/mol. The van der Waals surface area contributed by atoms with Crippen molar-refractivity contribution in [3.63, 3.8) is 0 Å². The maximum atomic E-state index is 5.88. The lowest BCUT2D eigenvalue weighted by Crippen LogP contribution is -2.10. The number of benzene rings is 1. The summed E-state index contributed by atoms with van der Waals surface area (Å²) in [6, 6.07) is 11.2. The van der Waals surface area contributed by atoms with Gasteiger partial charge in [-0.05, 0) is 12.1 Å². The van der Waals surface area contributed by atoms with Crippen LogP contribution >= 0.6 is 11.6 Å². The second-order valence-electron chi connectivity index (χ2n) is 3.81. The van der Waals surface area contributed by atoms with Gasteiger partial charge in [-0.3, -0.25) is 0 Å². The highest BCUT2D eigenvalue weighted by Gasteiger charge is 2.02. The number of para-hydroxylation sites is 1. The normalized spacial score (nSPS) is 10.2. The summed E-state index contributed by atoms with van der Waals surface area (Å²) >= 11 is 5.88. The Labute approximate surface area is 117 Å². The number of aromatic nitrogens is 2. The van der Waals surface area contributed by atoms with Gasteiger partial charge in [-0.15, -0.1) is 0 Å². The first kappa shape index (κ1) is 13.6. The molecule has 0 saturated heterocycles. The molecule has 2 rings (SSSR count). The molecule has 0 saturated carbocycles. The third-order valence-electron chi connectivity index (χ3n) is 2.38. The Balaban J connectivity index is 1.81. The Hall–Kier alpha value is -1.81. The van der Waals surface area contributed by atoms with Gasteiger partial charge in [0.25, 0.3) is 0 Å². The second-order valence-corrected chi connectivity index (χ2v) is 4.20. The van der Waals surface area contributed by atoms with E-state index in [-0.39, 0.29) is 0 Å². The molecular formula is C14H15ClN2O2. The molecular weight excluding hydrogens is 264 g/mol. The summed E-state index contributed by atoms with van der Waals surface area (Å²) in [5, 5.41) is 0.394. The van der Waals surface area contributed by atoms with E-state index in [1.165, 1.54) is 0 Å². The zero-order valence-electron chi connectivity index (χ0n) is 10.7. The lowest BCUT2D eigenvalue weighted by atomic mass is 10.3. The highest BCUT2D eigenvalue weighted by molar-refractivity contribution is 6.29. The third-order valence-corrected chi connectivity index (χ3v) is 2.57. The number of ether oxygens (including phenoxy) is 2. The van der Waals surface area contributed by atoms with Crippen LogP contribution in [0.3, 0.4) is 0 Å². The minimum absolute atomic E-state index is 0.394. The van der Waals surface area contributed by atoms with E-state index in [0.29, 0.717) is 30.1 Å². The van der Waals surface area contributed by atoms with E-state index < -0.39 is 0 Å². The van der Waals surface area contributed by atoms with Crippen LogP contribution in [0, 0.1) is 0 Å². The van der Waals surface area contributed by atoms with Gasteiger partial charge in [-0.2, -0.15) is 4.98 Å². The van der Waals surface area contributed by atoms with E-state index in [0.717, 1.165) is 12.2 Å². The summed E-state index contributed by atoms with van der Waals surface area (Å²) in [4.78, 5) is 8.29. The van der Waals surface area contributed by atoms with Crippen LogP contribution in [0.25, 0.3) is 0 Å². The van der Waals surface area contributed by atoms with Crippen molar-refractivity contribution in [1.82, 2.24) is 9.97 Å². The van der Waals surface area contributed by atoms with E-state index in [2.05, 4.69) is 9.97 Å². The maximum absolute atomic E-state index is 5.88. The van der Waals surface area contributed by atoms with Crippen LogP contribution in [-0.2, 0) is 6.42 Å². The molecule has 0 aliphatic carbocycles. The smallest absolute Gasteiger partial charge is 0.218 e. The second kappa shape index (κ2) is 6.95. The highest BCUT2D eigenvalue weighted by Crippen LogP contribution is 2.14. The fourth-order valence-corrected chi connectivity index (χ4v) is 1.69. The summed E-state index contributed by atoms with van der Waals surface area (Å²) in [5.74, 6) is 1.97. The van der Waals surface area contributed by atoms with Crippen molar-refractivity contribution in [2.45, 2.75) is 13.3 Å². The average Bonchev–Trinajstić information content (AvgIpc) is 2.44. The molecule has 4 nitrogen and oxygen atoms in total. The summed E-state index contributed by atoms with van der Waals surface area (Å²) in [7, 11) is 0. The molecule has 0 bridgehead atoms. The van der Waals surface area contributed by atoms with Gasteiger partial charge in [-0.25, -0.2) is 4.98 Å². The Bertz CT molecular complexity index is 520. The molecule has 1 heterocycles. The van der Waals surface area contributed by atoms with Crippen LogP contribution in [-0.4, -0.2) is 23.2 Å². The SMILES string of the molecule is CCc1nc(Cl)cc(OCCOc2ccccc2)n1. The van der Waals surface area contributed by atoms with Crippen molar-refractivity contribution >= 4 is 11.6 Å². The van der Waals surface area contributed by atoms with Crippen LogP contribution < -0.4 is 9.47 Å². The summed E-state index contributed by atoms with van der Waals surface area (Å²) < 4.78 is 11.0. The van der Waals surface area contributed by atoms with Gasteiger partial charge in [0.15, 0.2) is 0 Å².